The van der Waals surface area contributed by atoms with E-state index in [0.717, 1.165) is 17.8 Å². The van der Waals surface area contributed by atoms with Gasteiger partial charge in [0.15, 0.2) is 0 Å². The molecule has 0 aliphatic heterocycles. The highest BCUT2D eigenvalue weighted by Crippen LogP contribution is 2.33. The van der Waals surface area contributed by atoms with Gasteiger partial charge in [-0.15, -0.1) is 0 Å². The van der Waals surface area contributed by atoms with E-state index >= 15 is 0 Å². The van der Waals surface area contributed by atoms with Crippen molar-refractivity contribution in [3.8, 4) is 0 Å². The van der Waals surface area contributed by atoms with Crippen LogP contribution in [-0.2, 0) is 0 Å². The fourth-order valence-corrected chi connectivity index (χ4v) is 2.03. The highest BCUT2D eigenvalue weighted by atomic mass is 14.2. The molecule has 0 aromatic heterocycles. The second-order valence-electron chi connectivity index (χ2n) is 5.11. The molecule has 0 saturated heterocycles. The lowest BCUT2D eigenvalue weighted by molar-refractivity contribution is 0.245. The molecular formula is C12H24. The van der Waals surface area contributed by atoms with Gasteiger partial charge in [-0.05, 0) is 24.2 Å². The highest BCUT2D eigenvalue weighted by Gasteiger charge is 2.19. The molecule has 0 nitrogen and oxygen atoms in total. The van der Waals surface area contributed by atoms with Crippen molar-refractivity contribution < 1.29 is 0 Å². The Hall–Kier alpha value is 0. The van der Waals surface area contributed by atoms with Crippen LogP contribution in [0.4, 0.5) is 0 Å². The van der Waals surface area contributed by atoms with Crippen LogP contribution in [-0.4, -0.2) is 0 Å². The van der Waals surface area contributed by atoms with E-state index in [4.69, 9.17) is 0 Å². The molecule has 1 saturated carbocycles. The number of hydrogen-bond acceptors (Lipinski definition) is 0. The minimum Gasteiger partial charge on any atom is -0.0628 e. The van der Waals surface area contributed by atoms with Crippen molar-refractivity contribution in [2.45, 2.75) is 59.3 Å². The lowest BCUT2D eigenvalue weighted by atomic mass is 9.78. The second kappa shape index (κ2) is 4.89. The summed E-state index contributed by atoms with van der Waals surface area (Å²) in [6.45, 7) is 7.09. The molecule has 0 N–H and O–H groups in total. The van der Waals surface area contributed by atoms with Gasteiger partial charge in [0.1, 0.15) is 0 Å². The maximum atomic E-state index is 2.43. The van der Waals surface area contributed by atoms with Gasteiger partial charge in [0, 0.05) is 0 Å². The van der Waals surface area contributed by atoms with Crippen molar-refractivity contribution in [3.63, 3.8) is 0 Å². The van der Waals surface area contributed by atoms with E-state index < -0.39 is 0 Å². The maximum Gasteiger partial charge on any atom is -0.0412 e. The second-order valence-corrected chi connectivity index (χ2v) is 5.11. The first-order valence-electron chi connectivity index (χ1n) is 5.68. The SMILES string of the molecule is CC(C)CCC(C)CC1CCC1. The van der Waals surface area contributed by atoms with Crippen LogP contribution in [0.5, 0.6) is 0 Å². The highest BCUT2D eigenvalue weighted by molar-refractivity contribution is 4.72. The van der Waals surface area contributed by atoms with E-state index in [2.05, 4.69) is 20.8 Å². The Labute approximate surface area is 77.7 Å². The Morgan fingerprint density at radius 3 is 2.17 bits per heavy atom. The van der Waals surface area contributed by atoms with Crippen molar-refractivity contribution in [2.75, 3.05) is 0 Å². The lowest BCUT2D eigenvalue weighted by Crippen LogP contribution is -2.14. The van der Waals surface area contributed by atoms with Crippen LogP contribution in [0.1, 0.15) is 59.3 Å². The van der Waals surface area contributed by atoms with Crippen LogP contribution in [0.3, 0.4) is 0 Å². The summed E-state index contributed by atoms with van der Waals surface area (Å²) in [6.07, 6.45) is 8.92. The summed E-state index contributed by atoms with van der Waals surface area (Å²) in [5, 5.41) is 0. The standard InChI is InChI=1S/C12H24/c1-10(2)7-8-11(3)9-12-5-4-6-12/h10-12H,4-9H2,1-3H3. The Morgan fingerprint density at radius 1 is 1.08 bits per heavy atom. The molecule has 0 amide bonds. The number of rotatable bonds is 5. The van der Waals surface area contributed by atoms with Gasteiger partial charge < -0.3 is 0 Å². The molecule has 1 rings (SSSR count). The predicted octanol–water partition coefficient (Wildman–Crippen LogP) is 4.25. The van der Waals surface area contributed by atoms with Gasteiger partial charge in [-0.2, -0.15) is 0 Å². The lowest BCUT2D eigenvalue weighted by Gasteiger charge is -2.28. The third-order valence-corrected chi connectivity index (χ3v) is 3.20. The minimum absolute atomic E-state index is 0.897. The zero-order valence-electron chi connectivity index (χ0n) is 8.97. The smallest absolute Gasteiger partial charge is 0.0412 e. The monoisotopic (exact) mass is 168 g/mol. The van der Waals surface area contributed by atoms with Gasteiger partial charge in [-0.3, -0.25) is 0 Å². The van der Waals surface area contributed by atoms with E-state index in [-0.39, 0.29) is 0 Å². The summed E-state index contributed by atoms with van der Waals surface area (Å²) >= 11 is 0. The Morgan fingerprint density at radius 2 is 1.75 bits per heavy atom. The molecule has 0 heteroatoms. The van der Waals surface area contributed by atoms with E-state index in [0.29, 0.717) is 0 Å². The average Bonchev–Trinajstić information content (AvgIpc) is 1.93. The molecular weight excluding hydrogens is 144 g/mol. The van der Waals surface area contributed by atoms with Crippen molar-refractivity contribution in [1.82, 2.24) is 0 Å². The quantitative estimate of drug-likeness (QED) is 0.575. The van der Waals surface area contributed by atoms with Crippen molar-refractivity contribution >= 4 is 0 Å². The first-order chi connectivity index (χ1) is 5.68. The summed E-state index contributed by atoms with van der Waals surface area (Å²) in [5.74, 6) is 2.98. The van der Waals surface area contributed by atoms with E-state index in [9.17, 15) is 0 Å². The molecule has 0 spiro atoms. The molecule has 1 unspecified atom stereocenters. The molecule has 1 aliphatic carbocycles. The first kappa shape index (κ1) is 10.1. The van der Waals surface area contributed by atoms with Gasteiger partial charge >= 0.3 is 0 Å². The molecule has 1 aliphatic rings. The van der Waals surface area contributed by atoms with Crippen LogP contribution in [0.15, 0.2) is 0 Å². The fraction of sp³-hybridized carbons (Fsp3) is 1.00. The predicted molar refractivity (Wildman–Crippen MR) is 55.2 cm³/mol. The molecule has 12 heavy (non-hydrogen) atoms. The van der Waals surface area contributed by atoms with E-state index in [1.165, 1.54) is 38.5 Å². The largest absolute Gasteiger partial charge is 0.0628 e. The Bertz CT molecular complexity index is 111. The molecule has 0 aromatic rings. The van der Waals surface area contributed by atoms with Crippen molar-refractivity contribution in [2.24, 2.45) is 17.8 Å². The number of hydrogen-bond donors (Lipinski definition) is 0. The zero-order chi connectivity index (χ0) is 8.97. The summed E-state index contributed by atoms with van der Waals surface area (Å²) in [6, 6.07) is 0. The molecule has 0 bridgehead atoms. The van der Waals surface area contributed by atoms with Gasteiger partial charge in [-0.1, -0.05) is 52.9 Å². The van der Waals surface area contributed by atoms with E-state index in [1.54, 1.807) is 0 Å². The Balaban J connectivity index is 1.98. The Kier molecular flexibility index (Phi) is 4.11. The van der Waals surface area contributed by atoms with Crippen molar-refractivity contribution in [3.05, 3.63) is 0 Å². The molecule has 72 valence electrons. The maximum absolute atomic E-state index is 2.43. The third-order valence-electron chi connectivity index (χ3n) is 3.20. The van der Waals surface area contributed by atoms with Crippen LogP contribution >= 0.6 is 0 Å². The van der Waals surface area contributed by atoms with Crippen LogP contribution in [0.2, 0.25) is 0 Å². The van der Waals surface area contributed by atoms with Crippen molar-refractivity contribution in [1.29, 1.82) is 0 Å². The molecule has 0 aromatic carbocycles. The summed E-state index contributed by atoms with van der Waals surface area (Å²) < 4.78 is 0. The zero-order valence-corrected chi connectivity index (χ0v) is 8.97. The molecule has 0 heterocycles. The summed E-state index contributed by atoms with van der Waals surface area (Å²) in [5.41, 5.74) is 0. The van der Waals surface area contributed by atoms with Gasteiger partial charge in [0.2, 0.25) is 0 Å². The van der Waals surface area contributed by atoms with Gasteiger partial charge in [0.25, 0.3) is 0 Å². The molecule has 0 radical (unpaired) electrons. The van der Waals surface area contributed by atoms with Crippen LogP contribution in [0.25, 0.3) is 0 Å². The fourth-order valence-electron chi connectivity index (χ4n) is 2.03. The third kappa shape index (κ3) is 3.60. The first-order valence-corrected chi connectivity index (χ1v) is 5.68. The van der Waals surface area contributed by atoms with Crippen LogP contribution < -0.4 is 0 Å². The topological polar surface area (TPSA) is 0 Å². The van der Waals surface area contributed by atoms with Crippen LogP contribution in [0, 0.1) is 17.8 Å². The normalized spacial score (nSPS) is 21.0. The average molecular weight is 168 g/mol. The molecule has 1 fully saturated rings. The minimum atomic E-state index is 0.897. The summed E-state index contributed by atoms with van der Waals surface area (Å²) in [7, 11) is 0. The summed E-state index contributed by atoms with van der Waals surface area (Å²) in [4.78, 5) is 0. The molecule has 1 atom stereocenters. The van der Waals surface area contributed by atoms with Gasteiger partial charge in [0.05, 0.1) is 0 Å². The van der Waals surface area contributed by atoms with E-state index in [1.807, 2.05) is 0 Å². The van der Waals surface area contributed by atoms with Gasteiger partial charge in [-0.25, -0.2) is 0 Å².